The fourth-order valence-corrected chi connectivity index (χ4v) is 4.11. The van der Waals surface area contributed by atoms with Gasteiger partial charge in [-0.15, -0.1) is 0 Å². The highest BCUT2D eigenvalue weighted by Crippen LogP contribution is 2.58. The van der Waals surface area contributed by atoms with Crippen LogP contribution in [-0.2, 0) is 0 Å². The van der Waals surface area contributed by atoms with Crippen molar-refractivity contribution in [2.75, 3.05) is 0 Å². The van der Waals surface area contributed by atoms with Crippen molar-refractivity contribution in [1.82, 2.24) is 0 Å². The zero-order chi connectivity index (χ0) is 29.2. The maximum absolute atomic E-state index is 14.7. The van der Waals surface area contributed by atoms with Crippen molar-refractivity contribution in [2.45, 2.75) is 29.9 Å². The summed E-state index contributed by atoms with van der Waals surface area (Å²) in [5, 5.41) is 11.7. The van der Waals surface area contributed by atoms with Crippen molar-refractivity contribution in [3.05, 3.63) is 78.4 Å². The number of phenolic OH excluding ortho intramolecular Hbond substituents is 1. The van der Waals surface area contributed by atoms with Gasteiger partial charge in [0.2, 0.25) is 5.78 Å². The minimum absolute atomic E-state index is 0.0838. The van der Waals surface area contributed by atoms with Crippen molar-refractivity contribution >= 4 is 27.3 Å². The predicted molar refractivity (Wildman–Crippen MR) is 119 cm³/mol. The molecule has 0 radical (unpaired) electrons. The molecule has 206 valence electrons. The lowest BCUT2D eigenvalue weighted by Crippen LogP contribution is -2.68. The van der Waals surface area contributed by atoms with Crippen LogP contribution >= 0.6 is 0 Å². The zero-order valence-corrected chi connectivity index (χ0v) is 18.9. The van der Waals surface area contributed by atoms with Gasteiger partial charge in [0.1, 0.15) is 5.75 Å². The fourth-order valence-electron chi connectivity index (χ4n) is 4.11. The highest BCUT2D eigenvalue weighted by molar-refractivity contribution is 6.14. The standard InChI is InChI=1S/C26H13F11O2/c27-22(28,23(29,30)24(31,32)25(33,34)26(35,36)37)21(39)18-12-14-7-2-4-10-16(14)19(20(18)38)17-11-5-8-13-6-1-3-9-15(13)17/h1-12,38H. The molecule has 0 fully saturated rings. The maximum atomic E-state index is 14.7. The lowest BCUT2D eigenvalue weighted by Gasteiger charge is -2.36. The van der Waals surface area contributed by atoms with Crippen LogP contribution in [0.2, 0.25) is 0 Å². The van der Waals surface area contributed by atoms with Crippen LogP contribution in [0.3, 0.4) is 0 Å². The number of halogens is 11. The number of aromatic hydroxyl groups is 1. The number of phenols is 1. The van der Waals surface area contributed by atoms with Gasteiger partial charge in [0, 0.05) is 5.56 Å². The SMILES string of the molecule is O=C(c1cc2ccccc2c(-c2cccc3ccccc23)c1O)C(F)(F)C(F)(F)C(F)(F)C(F)(F)C(F)(F)F. The number of alkyl halides is 11. The molecule has 0 saturated heterocycles. The number of benzene rings is 4. The second-order valence-corrected chi connectivity index (χ2v) is 8.52. The Bertz CT molecular complexity index is 1590. The van der Waals surface area contributed by atoms with Gasteiger partial charge >= 0.3 is 29.9 Å². The van der Waals surface area contributed by atoms with Crippen molar-refractivity contribution in [2.24, 2.45) is 0 Å². The number of hydrogen-bond donors (Lipinski definition) is 1. The summed E-state index contributed by atoms with van der Waals surface area (Å²) in [6, 6.07) is 16.5. The molecule has 0 aliphatic rings. The minimum atomic E-state index is -7.76. The highest BCUT2D eigenvalue weighted by atomic mass is 19.4. The van der Waals surface area contributed by atoms with Crippen molar-refractivity contribution in [1.29, 1.82) is 0 Å². The predicted octanol–water partition coefficient (Wildman–Crippen LogP) is 8.65. The lowest BCUT2D eigenvalue weighted by atomic mass is 9.87. The molecule has 0 amide bonds. The van der Waals surface area contributed by atoms with E-state index in [0.29, 0.717) is 16.8 Å². The van der Waals surface area contributed by atoms with E-state index in [1.807, 2.05) is 0 Å². The Balaban J connectivity index is 1.97. The molecule has 0 saturated carbocycles. The van der Waals surface area contributed by atoms with Crippen LogP contribution in [0.4, 0.5) is 48.3 Å². The van der Waals surface area contributed by atoms with E-state index < -0.39 is 47.0 Å². The van der Waals surface area contributed by atoms with Crippen LogP contribution in [0.1, 0.15) is 10.4 Å². The Morgan fingerprint density at radius 3 is 1.69 bits per heavy atom. The molecule has 39 heavy (non-hydrogen) atoms. The summed E-state index contributed by atoms with van der Waals surface area (Å²) >= 11 is 0. The van der Waals surface area contributed by atoms with Gasteiger partial charge in [0.05, 0.1) is 5.56 Å². The van der Waals surface area contributed by atoms with E-state index >= 15 is 0 Å². The molecular weight excluding hydrogens is 553 g/mol. The van der Waals surface area contributed by atoms with Gasteiger partial charge in [-0.1, -0.05) is 66.7 Å². The molecular formula is C26H13F11O2. The highest BCUT2D eigenvalue weighted by Gasteiger charge is 2.88. The fraction of sp³-hybridized carbons (Fsp3) is 0.192. The van der Waals surface area contributed by atoms with E-state index in [-0.39, 0.29) is 21.9 Å². The van der Waals surface area contributed by atoms with Gasteiger partial charge in [0.25, 0.3) is 0 Å². The van der Waals surface area contributed by atoms with E-state index in [2.05, 4.69) is 0 Å². The largest absolute Gasteiger partial charge is 0.507 e. The van der Waals surface area contributed by atoms with E-state index in [1.165, 1.54) is 42.5 Å². The van der Waals surface area contributed by atoms with Crippen LogP contribution in [0.25, 0.3) is 32.7 Å². The maximum Gasteiger partial charge on any atom is 0.460 e. The van der Waals surface area contributed by atoms with Crippen LogP contribution in [-0.4, -0.2) is 40.8 Å². The average molecular weight is 566 g/mol. The minimum Gasteiger partial charge on any atom is -0.507 e. The molecule has 0 spiro atoms. The van der Waals surface area contributed by atoms with Crippen molar-refractivity contribution in [3.63, 3.8) is 0 Å². The Labute approximate surface area is 211 Å². The quantitative estimate of drug-likeness (QED) is 0.187. The number of fused-ring (bicyclic) bond motifs is 2. The molecule has 0 heterocycles. The third kappa shape index (κ3) is 3.97. The molecule has 0 aromatic heterocycles. The number of rotatable bonds is 6. The molecule has 4 aromatic rings. The van der Waals surface area contributed by atoms with Crippen LogP contribution < -0.4 is 0 Å². The number of ketones is 1. The Hall–Kier alpha value is -3.90. The van der Waals surface area contributed by atoms with Crippen molar-refractivity contribution < 1.29 is 58.2 Å². The summed E-state index contributed by atoms with van der Waals surface area (Å²) < 4.78 is 149. The number of carbonyl (C=O) groups excluding carboxylic acids is 1. The summed E-state index contributed by atoms with van der Waals surface area (Å²) in [5.74, 6) is -34.5. The summed E-state index contributed by atoms with van der Waals surface area (Å²) in [5.41, 5.74) is -1.99. The Morgan fingerprint density at radius 2 is 1.10 bits per heavy atom. The molecule has 0 aliphatic carbocycles. The van der Waals surface area contributed by atoms with Crippen LogP contribution in [0, 0.1) is 0 Å². The van der Waals surface area contributed by atoms with Gasteiger partial charge in [-0.05, 0) is 33.2 Å². The lowest BCUT2D eigenvalue weighted by molar-refractivity contribution is -0.415. The third-order valence-electron chi connectivity index (χ3n) is 6.15. The Morgan fingerprint density at radius 1 is 0.590 bits per heavy atom. The molecule has 4 aromatic carbocycles. The summed E-state index contributed by atoms with van der Waals surface area (Å²) in [6.07, 6.45) is -7.37. The second kappa shape index (κ2) is 8.82. The molecule has 4 rings (SSSR count). The molecule has 0 unspecified atom stereocenters. The van der Waals surface area contributed by atoms with Crippen LogP contribution in [0.5, 0.6) is 5.75 Å². The monoisotopic (exact) mass is 566 g/mol. The summed E-state index contributed by atoms with van der Waals surface area (Å²) in [4.78, 5) is 12.6. The topological polar surface area (TPSA) is 37.3 Å². The Kier molecular flexibility index (Phi) is 6.36. The summed E-state index contributed by atoms with van der Waals surface area (Å²) in [7, 11) is 0. The van der Waals surface area contributed by atoms with Gasteiger partial charge < -0.3 is 5.11 Å². The van der Waals surface area contributed by atoms with E-state index in [4.69, 9.17) is 0 Å². The summed E-state index contributed by atoms with van der Waals surface area (Å²) in [6.45, 7) is 0. The first-order chi connectivity index (χ1) is 17.9. The molecule has 0 atom stereocenters. The second-order valence-electron chi connectivity index (χ2n) is 8.52. The molecule has 0 aliphatic heterocycles. The van der Waals surface area contributed by atoms with E-state index in [0.717, 1.165) is 0 Å². The van der Waals surface area contributed by atoms with Crippen LogP contribution in [0.15, 0.2) is 72.8 Å². The van der Waals surface area contributed by atoms with Gasteiger partial charge in [0.15, 0.2) is 0 Å². The third-order valence-corrected chi connectivity index (χ3v) is 6.15. The molecule has 2 nitrogen and oxygen atoms in total. The van der Waals surface area contributed by atoms with Crippen molar-refractivity contribution in [3.8, 4) is 16.9 Å². The van der Waals surface area contributed by atoms with Gasteiger partial charge in [-0.25, -0.2) is 0 Å². The zero-order valence-electron chi connectivity index (χ0n) is 18.9. The first kappa shape index (κ1) is 28.1. The first-order valence-corrected chi connectivity index (χ1v) is 10.7. The van der Waals surface area contributed by atoms with Gasteiger partial charge in [-0.3, -0.25) is 4.79 Å². The molecule has 0 bridgehead atoms. The van der Waals surface area contributed by atoms with Gasteiger partial charge in [-0.2, -0.15) is 48.3 Å². The van der Waals surface area contributed by atoms with E-state index in [1.54, 1.807) is 24.3 Å². The first-order valence-electron chi connectivity index (χ1n) is 10.7. The smallest absolute Gasteiger partial charge is 0.460 e. The number of hydrogen-bond acceptors (Lipinski definition) is 2. The number of carbonyl (C=O) groups is 1. The molecule has 1 N–H and O–H groups in total. The normalized spacial score (nSPS) is 13.7. The number of Topliss-reactive ketones (excluding diaryl/α,β-unsaturated/α-hetero) is 1. The molecule has 13 heteroatoms. The average Bonchev–Trinajstić information content (AvgIpc) is 2.86. The van der Waals surface area contributed by atoms with E-state index in [9.17, 15) is 58.2 Å².